The quantitative estimate of drug-likeness (QED) is 0.394. The van der Waals surface area contributed by atoms with Crippen LogP contribution < -0.4 is 0 Å². The summed E-state index contributed by atoms with van der Waals surface area (Å²) in [5.41, 5.74) is 0. The third-order valence-corrected chi connectivity index (χ3v) is 3.49. The van der Waals surface area contributed by atoms with Crippen molar-refractivity contribution in [2.45, 2.75) is 20.3 Å². The Hall–Kier alpha value is 0.110. The third kappa shape index (κ3) is 6.80. The molecule has 3 heteroatoms. The summed E-state index contributed by atoms with van der Waals surface area (Å²) >= 11 is 3.59. The third-order valence-electron chi connectivity index (χ3n) is 1.17. The van der Waals surface area contributed by atoms with Crippen LogP contribution in [0.15, 0.2) is 17.1 Å². The summed E-state index contributed by atoms with van der Waals surface area (Å²) in [6.45, 7) is 5.04. The standard InChI is InChI=1S/C9H17NS2/c1-4-6-7-10-9(11-3)12-8-5-2/h4,6H,5,7-8H2,1-3H3/b6-4+,10-9?. The van der Waals surface area contributed by atoms with Gasteiger partial charge < -0.3 is 0 Å². The highest BCUT2D eigenvalue weighted by Crippen LogP contribution is 2.15. The Labute approximate surface area is 84.1 Å². The van der Waals surface area contributed by atoms with E-state index in [0.717, 1.165) is 6.54 Å². The van der Waals surface area contributed by atoms with E-state index in [9.17, 15) is 0 Å². The molecule has 0 aromatic heterocycles. The van der Waals surface area contributed by atoms with Gasteiger partial charge in [-0.25, -0.2) is 0 Å². The van der Waals surface area contributed by atoms with Crippen LogP contribution in [0.1, 0.15) is 20.3 Å². The van der Waals surface area contributed by atoms with Crippen LogP contribution in [-0.4, -0.2) is 22.9 Å². The molecule has 0 unspecified atom stereocenters. The van der Waals surface area contributed by atoms with E-state index in [1.54, 1.807) is 11.8 Å². The zero-order chi connectivity index (χ0) is 9.23. The highest BCUT2D eigenvalue weighted by atomic mass is 32.2. The zero-order valence-electron chi connectivity index (χ0n) is 8.04. The lowest BCUT2D eigenvalue weighted by molar-refractivity contribution is 1.11. The molecule has 0 radical (unpaired) electrons. The molecule has 0 saturated carbocycles. The minimum absolute atomic E-state index is 0.823. The van der Waals surface area contributed by atoms with Crippen molar-refractivity contribution in [3.63, 3.8) is 0 Å². The van der Waals surface area contributed by atoms with E-state index in [0.29, 0.717) is 0 Å². The maximum Gasteiger partial charge on any atom is 0.124 e. The molecule has 0 N–H and O–H groups in total. The van der Waals surface area contributed by atoms with Gasteiger partial charge in [0.25, 0.3) is 0 Å². The van der Waals surface area contributed by atoms with Crippen molar-refractivity contribution in [1.82, 2.24) is 0 Å². The Balaban J connectivity index is 3.70. The molecule has 0 bridgehead atoms. The topological polar surface area (TPSA) is 12.4 Å². The van der Waals surface area contributed by atoms with Gasteiger partial charge in [0.2, 0.25) is 0 Å². The van der Waals surface area contributed by atoms with E-state index in [1.165, 1.54) is 16.5 Å². The molecule has 0 heterocycles. The first-order valence-corrected chi connectivity index (χ1v) is 6.38. The molecule has 0 atom stereocenters. The van der Waals surface area contributed by atoms with Gasteiger partial charge in [-0.2, -0.15) is 0 Å². The Morgan fingerprint density at radius 1 is 1.50 bits per heavy atom. The first kappa shape index (κ1) is 12.1. The minimum Gasteiger partial charge on any atom is -0.268 e. The second kappa shape index (κ2) is 9.20. The molecule has 0 saturated heterocycles. The maximum absolute atomic E-state index is 4.43. The first-order valence-electron chi connectivity index (χ1n) is 4.17. The van der Waals surface area contributed by atoms with E-state index in [2.05, 4.69) is 24.2 Å². The van der Waals surface area contributed by atoms with Crippen molar-refractivity contribution < 1.29 is 0 Å². The monoisotopic (exact) mass is 203 g/mol. The molecule has 70 valence electrons. The van der Waals surface area contributed by atoms with Crippen LogP contribution >= 0.6 is 23.5 Å². The van der Waals surface area contributed by atoms with Gasteiger partial charge in [0.05, 0.1) is 6.54 Å². The van der Waals surface area contributed by atoms with Crippen molar-refractivity contribution in [2.75, 3.05) is 18.6 Å². The summed E-state index contributed by atoms with van der Waals surface area (Å²) in [4.78, 5) is 4.43. The molecule has 0 aromatic rings. The van der Waals surface area contributed by atoms with E-state index in [-0.39, 0.29) is 0 Å². The van der Waals surface area contributed by atoms with Crippen LogP contribution in [0.25, 0.3) is 0 Å². The second-order valence-corrected chi connectivity index (χ2v) is 4.37. The number of nitrogens with zero attached hydrogens (tertiary/aromatic N) is 1. The van der Waals surface area contributed by atoms with Crippen LogP contribution in [0.2, 0.25) is 0 Å². The molecule has 0 amide bonds. The molecule has 0 aliphatic carbocycles. The SMILES string of the molecule is C/C=C/CN=C(SC)SCCC. The van der Waals surface area contributed by atoms with E-state index in [1.807, 2.05) is 24.8 Å². The predicted octanol–water partition coefficient (Wildman–Crippen LogP) is 3.42. The minimum atomic E-state index is 0.823. The van der Waals surface area contributed by atoms with Gasteiger partial charge in [-0.3, -0.25) is 4.99 Å². The van der Waals surface area contributed by atoms with Gasteiger partial charge in [-0.05, 0) is 25.4 Å². The summed E-state index contributed by atoms with van der Waals surface area (Å²) in [7, 11) is 0. The summed E-state index contributed by atoms with van der Waals surface area (Å²) in [6.07, 6.45) is 7.40. The smallest absolute Gasteiger partial charge is 0.124 e. The van der Waals surface area contributed by atoms with Gasteiger partial charge in [0.1, 0.15) is 4.38 Å². The molecule has 0 aliphatic heterocycles. The molecular weight excluding hydrogens is 186 g/mol. The van der Waals surface area contributed by atoms with Crippen molar-refractivity contribution in [2.24, 2.45) is 4.99 Å². The number of aliphatic imine (C=N–C) groups is 1. The Morgan fingerprint density at radius 3 is 2.75 bits per heavy atom. The average Bonchev–Trinajstić information content (AvgIpc) is 2.11. The number of allylic oxidation sites excluding steroid dienone is 1. The Bertz CT molecular complexity index is 153. The van der Waals surface area contributed by atoms with Crippen molar-refractivity contribution in [1.29, 1.82) is 0 Å². The number of rotatable bonds is 4. The molecule has 12 heavy (non-hydrogen) atoms. The van der Waals surface area contributed by atoms with Crippen LogP contribution in [0.3, 0.4) is 0 Å². The van der Waals surface area contributed by atoms with E-state index in [4.69, 9.17) is 0 Å². The maximum atomic E-state index is 4.43. The fourth-order valence-corrected chi connectivity index (χ4v) is 2.06. The summed E-state index contributed by atoms with van der Waals surface area (Å²) in [5.74, 6) is 1.18. The molecule has 1 nitrogen and oxygen atoms in total. The average molecular weight is 203 g/mol. The lowest BCUT2D eigenvalue weighted by Crippen LogP contribution is -1.88. The van der Waals surface area contributed by atoms with Crippen LogP contribution in [0.5, 0.6) is 0 Å². The number of thioether (sulfide) groups is 2. The lowest BCUT2D eigenvalue weighted by atomic mass is 10.5. The zero-order valence-corrected chi connectivity index (χ0v) is 9.67. The largest absolute Gasteiger partial charge is 0.268 e. The van der Waals surface area contributed by atoms with Crippen molar-refractivity contribution in [3.8, 4) is 0 Å². The second-order valence-electron chi connectivity index (χ2n) is 2.23. The lowest BCUT2D eigenvalue weighted by Gasteiger charge is -1.99. The first-order chi connectivity index (χ1) is 5.85. The Morgan fingerprint density at radius 2 is 2.25 bits per heavy atom. The van der Waals surface area contributed by atoms with Crippen LogP contribution in [-0.2, 0) is 0 Å². The van der Waals surface area contributed by atoms with Gasteiger partial charge in [-0.1, -0.05) is 19.1 Å². The van der Waals surface area contributed by atoms with E-state index >= 15 is 0 Å². The fourth-order valence-electron chi connectivity index (χ4n) is 0.591. The summed E-state index contributed by atoms with van der Waals surface area (Å²) < 4.78 is 1.20. The molecule has 0 rings (SSSR count). The van der Waals surface area contributed by atoms with Crippen LogP contribution in [0, 0.1) is 0 Å². The normalized spacial score (nSPS) is 12.8. The van der Waals surface area contributed by atoms with Gasteiger partial charge in [0.15, 0.2) is 0 Å². The van der Waals surface area contributed by atoms with Crippen molar-refractivity contribution >= 4 is 27.9 Å². The number of hydrogen-bond acceptors (Lipinski definition) is 3. The number of hydrogen-bond donors (Lipinski definition) is 0. The van der Waals surface area contributed by atoms with Crippen LogP contribution in [0.4, 0.5) is 0 Å². The van der Waals surface area contributed by atoms with Crippen molar-refractivity contribution in [3.05, 3.63) is 12.2 Å². The van der Waals surface area contributed by atoms with Gasteiger partial charge >= 0.3 is 0 Å². The highest BCUT2D eigenvalue weighted by Gasteiger charge is 1.94. The molecular formula is C9H17NS2. The molecule has 0 aliphatic rings. The Kier molecular flexibility index (Phi) is 9.28. The highest BCUT2D eigenvalue weighted by molar-refractivity contribution is 8.38. The summed E-state index contributed by atoms with van der Waals surface area (Å²) in [5, 5.41) is 0. The molecule has 0 aromatic carbocycles. The van der Waals surface area contributed by atoms with Gasteiger partial charge in [0, 0.05) is 0 Å². The van der Waals surface area contributed by atoms with Gasteiger partial charge in [-0.15, -0.1) is 23.5 Å². The fraction of sp³-hybridized carbons (Fsp3) is 0.667. The van der Waals surface area contributed by atoms with E-state index < -0.39 is 0 Å². The summed E-state index contributed by atoms with van der Waals surface area (Å²) in [6, 6.07) is 0. The molecule has 0 fully saturated rings. The molecule has 0 spiro atoms. The predicted molar refractivity (Wildman–Crippen MR) is 63.4 cm³/mol.